The molecule has 0 unspecified atom stereocenters. The number of carbonyl (C=O) groups excluding carboxylic acids is 1. The van der Waals surface area contributed by atoms with Crippen LogP contribution < -0.4 is 4.90 Å². The second kappa shape index (κ2) is 7.25. The van der Waals surface area contributed by atoms with Gasteiger partial charge < -0.3 is 9.80 Å². The van der Waals surface area contributed by atoms with E-state index in [9.17, 15) is 4.79 Å². The number of rotatable bonds is 4. The first-order valence-corrected chi connectivity index (χ1v) is 9.15. The molecule has 1 aliphatic rings. The Morgan fingerprint density at radius 2 is 1.96 bits per heavy atom. The van der Waals surface area contributed by atoms with E-state index in [0.29, 0.717) is 6.42 Å². The number of nitrogens with zero attached hydrogens (tertiary/aromatic N) is 5. The average molecular weight is 345 g/mol. The number of hydrogen-bond acceptors (Lipinski definition) is 6. The Kier molecular flexibility index (Phi) is 5.08. The summed E-state index contributed by atoms with van der Waals surface area (Å²) in [6, 6.07) is 2.04. The Hall–Kier alpha value is -2.02. The lowest BCUT2D eigenvalue weighted by Gasteiger charge is -2.35. The summed E-state index contributed by atoms with van der Waals surface area (Å²) >= 11 is 1.62. The molecule has 0 aliphatic carbocycles. The van der Waals surface area contributed by atoms with Gasteiger partial charge in [-0.2, -0.15) is 0 Å². The predicted octanol–water partition coefficient (Wildman–Crippen LogP) is 2.00. The third kappa shape index (κ3) is 3.72. The predicted molar refractivity (Wildman–Crippen MR) is 95.5 cm³/mol. The number of amides is 1. The van der Waals surface area contributed by atoms with Crippen molar-refractivity contribution in [1.82, 2.24) is 19.9 Å². The van der Waals surface area contributed by atoms with E-state index >= 15 is 0 Å². The van der Waals surface area contributed by atoms with Crippen molar-refractivity contribution in [1.29, 1.82) is 0 Å². The lowest BCUT2D eigenvalue weighted by Crippen LogP contribution is -2.49. The molecule has 0 saturated carbocycles. The number of anilines is 1. The lowest BCUT2D eigenvalue weighted by molar-refractivity contribution is -0.130. The molecule has 0 radical (unpaired) electrons. The zero-order valence-corrected chi connectivity index (χ0v) is 15.3. The van der Waals surface area contributed by atoms with Crippen LogP contribution in [0.15, 0.2) is 12.4 Å². The van der Waals surface area contributed by atoms with Crippen molar-refractivity contribution in [2.45, 2.75) is 33.6 Å². The van der Waals surface area contributed by atoms with Gasteiger partial charge in [-0.3, -0.25) is 4.79 Å². The van der Waals surface area contributed by atoms with Gasteiger partial charge in [0.1, 0.15) is 12.1 Å². The molecule has 0 spiro atoms. The average Bonchev–Trinajstić information content (AvgIpc) is 2.92. The van der Waals surface area contributed by atoms with E-state index in [-0.39, 0.29) is 5.91 Å². The second-order valence-electron chi connectivity index (χ2n) is 6.01. The van der Waals surface area contributed by atoms with Crippen LogP contribution in [0.2, 0.25) is 0 Å². The molecule has 7 heteroatoms. The normalized spacial score (nSPS) is 15.0. The van der Waals surface area contributed by atoms with Gasteiger partial charge in [0.05, 0.1) is 17.1 Å². The van der Waals surface area contributed by atoms with Gasteiger partial charge in [0, 0.05) is 42.8 Å². The molecule has 3 rings (SSSR count). The Labute approximate surface area is 146 Å². The van der Waals surface area contributed by atoms with Crippen LogP contribution in [0.3, 0.4) is 0 Å². The molecule has 0 bridgehead atoms. The van der Waals surface area contributed by atoms with E-state index in [0.717, 1.165) is 59.7 Å². The summed E-state index contributed by atoms with van der Waals surface area (Å²) in [5.74, 6) is 1.15. The molecule has 0 N–H and O–H groups in total. The second-order valence-corrected chi connectivity index (χ2v) is 7.29. The number of hydrogen-bond donors (Lipinski definition) is 0. The molecule has 3 heterocycles. The fourth-order valence-corrected chi connectivity index (χ4v) is 3.85. The third-order valence-electron chi connectivity index (χ3n) is 4.34. The number of thiazole rings is 1. The smallest absolute Gasteiger partial charge is 0.228 e. The van der Waals surface area contributed by atoms with Gasteiger partial charge in [-0.1, -0.05) is 6.92 Å². The van der Waals surface area contributed by atoms with Crippen molar-refractivity contribution in [3.8, 4) is 0 Å². The highest BCUT2D eigenvalue weighted by molar-refractivity contribution is 7.11. The summed E-state index contributed by atoms with van der Waals surface area (Å²) in [5.41, 5.74) is 2.03. The number of aryl methyl sites for hydroxylation is 3. The van der Waals surface area contributed by atoms with Crippen LogP contribution in [0.5, 0.6) is 0 Å². The van der Waals surface area contributed by atoms with E-state index in [2.05, 4.69) is 26.8 Å². The first kappa shape index (κ1) is 16.8. The highest BCUT2D eigenvalue weighted by Crippen LogP contribution is 2.19. The van der Waals surface area contributed by atoms with Crippen LogP contribution >= 0.6 is 11.3 Å². The molecule has 1 fully saturated rings. The van der Waals surface area contributed by atoms with Gasteiger partial charge in [0.25, 0.3) is 0 Å². The molecular formula is C17H23N5OS. The minimum atomic E-state index is 0.193. The molecule has 0 atom stereocenters. The monoisotopic (exact) mass is 345 g/mol. The molecule has 6 nitrogen and oxygen atoms in total. The molecular weight excluding hydrogens is 322 g/mol. The molecule has 2 aromatic heterocycles. The Balaban J connectivity index is 1.58. The van der Waals surface area contributed by atoms with Gasteiger partial charge in [-0.25, -0.2) is 15.0 Å². The minimum absolute atomic E-state index is 0.193. The highest BCUT2D eigenvalue weighted by atomic mass is 32.1. The van der Waals surface area contributed by atoms with E-state index < -0.39 is 0 Å². The van der Waals surface area contributed by atoms with Crippen LogP contribution in [0, 0.1) is 13.8 Å². The fourth-order valence-electron chi connectivity index (χ4n) is 2.92. The van der Waals surface area contributed by atoms with Gasteiger partial charge in [0.2, 0.25) is 5.91 Å². The quantitative estimate of drug-likeness (QED) is 0.848. The fraction of sp³-hybridized carbons (Fsp3) is 0.529. The maximum absolute atomic E-state index is 12.5. The van der Waals surface area contributed by atoms with Crippen molar-refractivity contribution >= 4 is 23.1 Å². The summed E-state index contributed by atoms with van der Waals surface area (Å²) in [6.45, 7) is 9.15. The Morgan fingerprint density at radius 3 is 2.58 bits per heavy atom. The number of piperazine rings is 1. The zero-order valence-electron chi connectivity index (χ0n) is 14.4. The van der Waals surface area contributed by atoms with Crippen molar-refractivity contribution < 1.29 is 4.79 Å². The minimum Gasteiger partial charge on any atom is -0.353 e. The van der Waals surface area contributed by atoms with Crippen LogP contribution in [0.4, 0.5) is 5.82 Å². The molecule has 1 aliphatic heterocycles. The maximum Gasteiger partial charge on any atom is 0.228 e. The topological polar surface area (TPSA) is 62.2 Å². The number of carbonyl (C=O) groups is 1. The van der Waals surface area contributed by atoms with Gasteiger partial charge in [-0.05, 0) is 20.3 Å². The summed E-state index contributed by atoms with van der Waals surface area (Å²) in [4.78, 5) is 30.8. The molecule has 24 heavy (non-hydrogen) atoms. The van der Waals surface area contributed by atoms with E-state index in [1.807, 2.05) is 24.8 Å². The standard InChI is InChI=1S/C17H23N5OS/c1-4-14-9-16(19-11-18-14)21-5-7-22(8-6-21)17(23)10-15-12(2)20-13(3)24-15/h9,11H,4-8,10H2,1-3H3. The van der Waals surface area contributed by atoms with Crippen LogP contribution in [-0.2, 0) is 17.6 Å². The van der Waals surface area contributed by atoms with Gasteiger partial charge >= 0.3 is 0 Å². The van der Waals surface area contributed by atoms with E-state index in [4.69, 9.17) is 0 Å². The molecule has 0 aromatic carbocycles. The largest absolute Gasteiger partial charge is 0.353 e. The zero-order chi connectivity index (χ0) is 17.1. The first-order valence-electron chi connectivity index (χ1n) is 8.33. The van der Waals surface area contributed by atoms with Crippen molar-refractivity contribution in [3.05, 3.63) is 33.7 Å². The van der Waals surface area contributed by atoms with E-state index in [1.54, 1.807) is 17.7 Å². The SMILES string of the molecule is CCc1cc(N2CCN(C(=O)Cc3sc(C)nc3C)CC2)ncn1. The summed E-state index contributed by atoms with van der Waals surface area (Å²) in [7, 11) is 0. The Morgan fingerprint density at radius 1 is 1.21 bits per heavy atom. The summed E-state index contributed by atoms with van der Waals surface area (Å²) in [6.07, 6.45) is 2.99. The van der Waals surface area contributed by atoms with Crippen molar-refractivity contribution in [2.24, 2.45) is 0 Å². The molecule has 128 valence electrons. The lowest BCUT2D eigenvalue weighted by atomic mass is 10.2. The van der Waals surface area contributed by atoms with E-state index in [1.165, 1.54) is 0 Å². The molecule has 2 aromatic rings. The summed E-state index contributed by atoms with van der Waals surface area (Å²) in [5, 5.41) is 1.02. The highest BCUT2D eigenvalue weighted by Gasteiger charge is 2.23. The van der Waals surface area contributed by atoms with Crippen LogP contribution in [0.1, 0.15) is 28.2 Å². The maximum atomic E-state index is 12.5. The first-order chi connectivity index (χ1) is 11.6. The number of aromatic nitrogens is 3. The molecule has 1 saturated heterocycles. The van der Waals surface area contributed by atoms with Crippen molar-refractivity contribution in [2.75, 3.05) is 31.1 Å². The van der Waals surface area contributed by atoms with Gasteiger partial charge in [-0.15, -0.1) is 11.3 Å². The van der Waals surface area contributed by atoms with Crippen molar-refractivity contribution in [3.63, 3.8) is 0 Å². The third-order valence-corrected chi connectivity index (χ3v) is 5.41. The Bertz CT molecular complexity index is 722. The molecule has 1 amide bonds. The van der Waals surface area contributed by atoms with Crippen LogP contribution in [-0.4, -0.2) is 51.9 Å². The summed E-state index contributed by atoms with van der Waals surface area (Å²) < 4.78 is 0. The van der Waals surface area contributed by atoms with Gasteiger partial charge in [0.15, 0.2) is 0 Å². The van der Waals surface area contributed by atoms with Crippen LogP contribution in [0.25, 0.3) is 0 Å².